The van der Waals surface area contributed by atoms with Crippen molar-refractivity contribution in [2.75, 3.05) is 0 Å². The molecule has 1 aromatic carbocycles. The zero-order valence-corrected chi connectivity index (χ0v) is 14.2. The highest BCUT2D eigenvalue weighted by atomic mass is 79.9. The molecular formula is C16H18BrN5. The molecule has 0 aliphatic carbocycles. The standard InChI is InChI=1S/C16H18N5.BrH/c1-3-21-18-16(17-19-21)15-6-4-14(5-7-15)12-20-10-8-13(2)9-11-20;/h4-11H,3,12H2,1-2H3;1H/q+1;/p-1. The third kappa shape index (κ3) is 3.76. The molecule has 5 nitrogen and oxygen atoms in total. The average molecular weight is 360 g/mol. The maximum atomic E-state index is 4.31. The number of benzene rings is 1. The Morgan fingerprint density at radius 2 is 1.73 bits per heavy atom. The summed E-state index contributed by atoms with van der Waals surface area (Å²) in [6.45, 7) is 5.67. The molecule has 0 atom stereocenters. The lowest BCUT2D eigenvalue weighted by atomic mass is 10.1. The first kappa shape index (κ1) is 16.3. The van der Waals surface area contributed by atoms with E-state index in [1.165, 1.54) is 11.1 Å². The highest BCUT2D eigenvalue weighted by molar-refractivity contribution is 5.54. The topological polar surface area (TPSA) is 47.5 Å². The number of hydrogen-bond acceptors (Lipinski definition) is 3. The lowest BCUT2D eigenvalue weighted by Crippen LogP contribution is -3.00. The Balaban J connectivity index is 0.00000176. The zero-order valence-electron chi connectivity index (χ0n) is 12.6. The van der Waals surface area contributed by atoms with Gasteiger partial charge in [0, 0.05) is 23.3 Å². The molecule has 22 heavy (non-hydrogen) atoms. The minimum Gasteiger partial charge on any atom is -1.00 e. The summed E-state index contributed by atoms with van der Waals surface area (Å²) in [4.78, 5) is 1.59. The summed E-state index contributed by atoms with van der Waals surface area (Å²) in [7, 11) is 0. The van der Waals surface area contributed by atoms with Gasteiger partial charge in [-0.05, 0) is 24.6 Å². The Labute approximate surface area is 140 Å². The minimum absolute atomic E-state index is 0. The van der Waals surface area contributed by atoms with Gasteiger partial charge in [-0.3, -0.25) is 0 Å². The number of aryl methyl sites for hydroxylation is 2. The SMILES string of the molecule is CCn1nnc(-c2ccc(C[n+]3ccc(C)cc3)cc2)n1.[Br-]. The summed E-state index contributed by atoms with van der Waals surface area (Å²) >= 11 is 0. The number of hydrogen-bond donors (Lipinski definition) is 0. The van der Waals surface area contributed by atoms with Crippen LogP contribution in [0.5, 0.6) is 0 Å². The Kier molecular flexibility index (Phi) is 5.38. The highest BCUT2D eigenvalue weighted by Gasteiger charge is 2.07. The van der Waals surface area contributed by atoms with Crippen LogP contribution < -0.4 is 21.5 Å². The second-order valence-corrected chi connectivity index (χ2v) is 5.05. The van der Waals surface area contributed by atoms with E-state index in [0.29, 0.717) is 5.82 Å². The largest absolute Gasteiger partial charge is 1.00 e. The number of pyridine rings is 1. The molecule has 3 rings (SSSR count). The summed E-state index contributed by atoms with van der Waals surface area (Å²) in [5.41, 5.74) is 3.51. The van der Waals surface area contributed by atoms with Crippen LogP contribution in [0.3, 0.4) is 0 Å². The molecule has 6 heteroatoms. The van der Waals surface area contributed by atoms with Gasteiger partial charge in [0.05, 0.1) is 6.54 Å². The number of tetrazole rings is 1. The van der Waals surface area contributed by atoms with E-state index in [0.717, 1.165) is 18.7 Å². The molecule has 0 N–H and O–H groups in total. The molecule has 0 amide bonds. The molecule has 2 heterocycles. The van der Waals surface area contributed by atoms with E-state index in [2.05, 4.69) is 63.6 Å². The summed E-state index contributed by atoms with van der Waals surface area (Å²) in [5, 5.41) is 12.3. The zero-order chi connectivity index (χ0) is 14.7. The minimum atomic E-state index is 0. The predicted molar refractivity (Wildman–Crippen MR) is 79.4 cm³/mol. The molecule has 0 saturated carbocycles. The van der Waals surface area contributed by atoms with Gasteiger partial charge in [-0.2, -0.15) is 4.80 Å². The first-order valence-corrected chi connectivity index (χ1v) is 7.07. The fraction of sp³-hybridized carbons (Fsp3) is 0.250. The van der Waals surface area contributed by atoms with Crippen molar-refractivity contribution in [1.82, 2.24) is 20.2 Å². The maximum Gasteiger partial charge on any atom is 0.204 e. The van der Waals surface area contributed by atoms with Crippen molar-refractivity contribution < 1.29 is 21.5 Å². The molecule has 0 aliphatic heterocycles. The van der Waals surface area contributed by atoms with Crippen molar-refractivity contribution in [2.24, 2.45) is 0 Å². The van der Waals surface area contributed by atoms with Crippen molar-refractivity contribution in [3.63, 3.8) is 0 Å². The lowest BCUT2D eigenvalue weighted by molar-refractivity contribution is -0.688. The van der Waals surface area contributed by atoms with Crippen LogP contribution in [-0.2, 0) is 13.1 Å². The molecule has 0 unspecified atom stereocenters. The number of halogens is 1. The van der Waals surface area contributed by atoms with Gasteiger partial charge >= 0.3 is 0 Å². The van der Waals surface area contributed by atoms with Gasteiger partial charge in [0.25, 0.3) is 0 Å². The van der Waals surface area contributed by atoms with Gasteiger partial charge < -0.3 is 17.0 Å². The van der Waals surface area contributed by atoms with Crippen LogP contribution in [0.2, 0.25) is 0 Å². The Morgan fingerprint density at radius 1 is 1.05 bits per heavy atom. The molecule has 0 radical (unpaired) electrons. The average Bonchev–Trinajstić information content (AvgIpc) is 2.99. The third-order valence-electron chi connectivity index (χ3n) is 3.37. The summed E-state index contributed by atoms with van der Waals surface area (Å²) < 4.78 is 2.16. The fourth-order valence-corrected chi connectivity index (χ4v) is 2.10. The van der Waals surface area contributed by atoms with E-state index in [4.69, 9.17) is 0 Å². The lowest BCUT2D eigenvalue weighted by Gasteiger charge is -2.00. The molecule has 114 valence electrons. The molecular weight excluding hydrogens is 342 g/mol. The van der Waals surface area contributed by atoms with Crippen molar-refractivity contribution in [3.8, 4) is 11.4 Å². The Hall–Kier alpha value is -2.08. The van der Waals surface area contributed by atoms with Crippen LogP contribution in [0.4, 0.5) is 0 Å². The highest BCUT2D eigenvalue weighted by Crippen LogP contribution is 2.14. The first-order chi connectivity index (χ1) is 10.2. The summed E-state index contributed by atoms with van der Waals surface area (Å²) in [6, 6.07) is 12.5. The van der Waals surface area contributed by atoms with Gasteiger partial charge in [0.2, 0.25) is 5.82 Å². The molecule has 0 bridgehead atoms. The van der Waals surface area contributed by atoms with Crippen LogP contribution in [0.1, 0.15) is 18.1 Å². The van der Waals surface area contributed by atoms with Gasteiger partial charge in [-0.15, -0.1) is 10.2 Å². The van der Waals surface area contributed by atoms with Gasteiger partial charge in [0.15, 0.2) is 18.9 Å². The van der Waals surface area contributed by atoms with Crippen LogP contribution in [0.25, 0.3) is 11.4 Å². The molecule has 0 aliphatic rings. The number of aromatic nitrogens is 5. The van der Waals surface area contributed by atoms with E-state index in [9.17, 15) is 0 Å². The van der Waals surface area contributed by atoms with Gasteiger partial charge in [-0.1, -0.05) is 24.3 Å². The van der Waals surface area contributed by atoms with Crippen LogP contribution >= 0.6 is 0 Å². The molecule has 0 fully saturated rings. The van der Waals surface area contributed by atoms with E-state index in [-0.39, 0.29) is 17.0 Å². The van der Waals surface area contributed by atoms with Crippen molar-refractivity contribution >= 4 is 0 Å². The van der Waals surface area contributed by atoms with Gasteiger partial charge in [0.1, 0.15) is 0 Å². The summed E-state index contributed by atoms with van der Waals surface area (Å²) in [5.74, 6) is 0.673. The second-order valence-electron chi connectivity index (χ2n) is 5.05. The third-order valence-corrected chi connectivity index (χ3v) is 3.37. The van der Waals surface area contributed by atoms with E-state index < -0.39 is 0 Å². The van der Waals surface area contributed by atoms with Crippen molar-refractivity contribution in [3.05, 3.63) is 59.9 Å². The second kappa shape index (κ2) is 7.26. The Bertz CT molecular complexity index is 719. The Morgan fingerprint density at radius 3 is 2.32 bits per heavy atom. The quantitative estimate of drug-likeness (QED) is 0.562. The maximum absolute atomic E-state index is 4.31. The van der Waals surface area contributed by atoms with E-state index in [1.54, 1.807) is 4.80 Å². The van der Waals surface area contributed by atoms with Crippen LogP contribution in [0, 0.1) is 6.92 Å². The number of nitrogens with zero attached hydrogens (tertiary/aromatic N) is 5. The molecule has 2 aromatic heterocycles. The van der Waals surface area contributed by atoms with Crippen molar-refractivity contribution in [1.29, 1.82) is 0 Å². The molecule has 0 saturated heterocycles. The molecule has 3 aromatic rings. The smallest absolute Gasteiger partial charge is 0.204 e. The molecule has 0 spiro atoms. The van der Waals surface area contributed by atoms with Gasteiger partial charge in [-0.25, -0.2) is 4.57 Å². The predicted octanol–water partition coefficient (Wildman–Crippen LogP) is -0.992. The fourth-order valence-electron chi connectivity index (χ4n) is 2.10. The number of rotatable bonds is 4. The van der Waals surface area contributed by atoms with E-state index >= 15 is 0 Å². The van der Waals surface area contributed by atoms with Crippen molar-refractivity contribution in [2.45, 2.75) is 26.9 Å². The first-order valence-electron chi connectivity index (χ1n) is 7.07. The van der Waals surface area contributed by atoms with E-state index in [1.807, 2.05) is 19.1 Å². The summed E-state index contributed by atoms with van der Waals surface area (Å²) in [6.07, 6.45) is 4.19. The van der Waals surface area contributed by atoms with Crippen LogP contribution in [0.15, 0.2) is 48.8 Å². The van der Waals surface area contributed by atoms with Crippen LogP contribution in [-0.4, -0.2) is 20.2 Å². The monoisotopic (exact) mass is 359 g/mol. The normalized spacial score (nSPS) is 10.3.